The van der Waals surface area contributed by atoms with Gasteiger partial charge in [-0.3, -0.25) is 4.79 Å². The Kier molecular flexibility index (Phi) is 8.95. The molecule has 216 valence electrons. The molecule has 0 bridgehead atoms. The Morgan fingerprint density at radius 1 is 1.15 bits per heavy atom. The lowest BCUT2D eigenvalue weighted by Crippen LogP contribution is -2.43. The van der Waals surface area contributed by atoms with Crippen LogP contribution in [0.25, 0.3) is 10.4 Å². The van der Waals surface area contributed by atoms with Gasteiger partial charge in [0.25, 0.3) is 5.91 Å². The molecule has 1 unspecified atom stereocenters. The summed E-state index contributed by atoms with van der Waals surface area (Å²) in [6.45, 7) is 0.671. The summed E-state index contributed by atoms with van der Waals surface area (Å²) < 4.78 is 89.1. The van der Waals surface area contributed by atoms with Gasteiger partial charge in [0.2, 0.25) is 10.0 Å². The number of aromatic nitrogens is 1. The van der Waals surface area contributed by atoms with E-state index in [-0.39, 0.29) is 27.6 Å². The molecule has 1 aliphatic heterocycles. The molecule has 4 rings (SSSR count). The SMILES string of the molecule is CC(NS(=O)(=O)c1ccc(-c2sc(C(=O)NC3CCS(=O)(=O)CC3)nc2CC2CCC2)c(Cl)c1Cl)C(F)(F)F. The third-order valence-electron chi connectivity index (χ3n) is 6.89. The van der Waals surface area contributed by atoms with E-state index < -0.39 is 47.9 Å². The number of carbonyl (C=O) groups is 1. The van der Waals surface area contributed by atoms with E-state index in [4.69, 9.17) is 23.2 Å². The summed E-state index contributed by atoms with van der Waals surface area (Å²) in [6.07, 6.45) is -0.581. The van der Waals surface area contributed by atoms with Crippen molar-refractivity contribution in [1.29, 1.82) is 0 Å². The van der Waals surface area contributed by atoms with E-state index in [1.807, 2.05) is 0 Å². The summed E-state index contributed by atoms with van der Waals surface area (Å²) in [5, 5.41) is 2.33. The number of halogens is 5. The first kappa shape index (κ1) is 30.5. The second-order valence-corrected chi connectivity index (χ2v) is 15.6. The molecule has 16 heteroatoms. The number of benzene rings is 1. The molecule has 1 saturated heterocycles. The van der Waals surface area contributed by atoms with Crippen molar-refractivity contribution in [2.75, 3.05) is 11.5 Å². The fourth-order valence-electron chi connectivity index (χ4n) is 4.33. The van der Waals surface area contributed by atoms with Gasteiger partial charge in [0.1, 0.15) is 20.8 Å². The molecule has 2 aliphatic rings. The van der Waals surface area contributed by atoms with Crippen molar-refractivity contribution in [2.45, 2.75) is 68.6 Å². The normalized spacial score (nSPS) is 19.4. The van der Waals surface area contributed by atoms with Crippen molar-refractivity contribution < 1.29 is 34.8 Å². The van der Waals surface area contributed by atoms with Crippen molar-refractivity contribution in [3.63, 3.8) is 0 Å². The van der Waals surface area contributed by atoms with E-state index in [2.05, 4.69) is 10.3 Å². The molecule has 39 heavy (non-hydrogen) atoms. The van der Waals surface area contributed by atoms with Gasteiger partial charge in [-0.25, -0.2) is 21.8 Å². The lowest BCUT2D eigenvalue weighted by molar-refractivity contribution is -0.147. The van der Waals surface area contributed by atoms with Gasteiger partial charge < -0.3 is 5.32 Å². The number of sulfone groups is 1. The van der Waals surface area contributed by atoms with Crippen molar-refractivity contribution in [2.24, 2.45) is 5.92 Å². The number of hydrogen-bond donors (Lipinski definition) is 2. The van der Waals surface area contributed by atoms with Crippen molar-refractivity contribution in [1.82, 2.24) is 15.0 Å². The topological polar surface area (TPSA) is 122 Å². The zero-order valence-electron chi connectivity index (χ0n) is 20.6. The Morgan fingerprint density at radius 2 is 1.79 bits per heavy atom. The molecular formula is C23H26Cl2F3N3O5S3. The number of rotatable bonds is 8. The van der Waals surface area contributed by atoms with Crippen LogP contribution in [0.15, 0.2) is 17.0 Å². The minimum atomic E-state index is -4.80. The average Bonchev–Trinajstić information content (AvgIpc) is 3.22. The maximum Gasteiger partial charge on any atom is 0.404 e. The van der Waals surface area contributed by atoms with E-state index in [1.54, 1.807) is 4.72 Å². The summed E-state index contributed by atoms with van der Waals surface area (Å²) in [5.74, 6) is -0.119. The van der Waals surface area contributed by atoms with E-state index in [0.717, 1.165) is 36.7 Å². The summed E-state index contributed by atoms with van der Waals surface area (Å²) in [7, 11) is -7.75. The summed E-state index contributed by atoms with van der Waals surface area (Å²) >= 11 is 13.8. The van der Waals surface area contributed by atoms with E-state index >= 15 is 0 Å². The van der Waals surface area contributed by atoms with Crippen LogP contribution in [0.4, 0.5) is 13.2 Å². The molecule has 1 aliphatic carbocycles. The van der Waals surface area contributed by atoms with Crippen LogP contribution in [0.5, 0.6) is 0 Å². The number of nitrogens with zero attached hydrogens (tertiary/aromatic N) is 1. The molecule has 1 aromatic heterocycles. The molecule has 0 radical (unpaired) electrons. The number of amides is 1. The second kappa shape index (κ2) is 11.4. The number of thiazole rings is 1. The van der Waals surface area contributed by atoms with Crippen LogP contribution in [-0.2, 0) is 26.3 Å². The molecule has 1 atom stereocenters. The lowest BCUT2D eigenvalue weighted by Gasteiger charge is -2.25. The van der Waals surface area contributed by atoms with Gasteiger partial charge >= 0.3 is 6.18 Å². The Hall–Kier alpha value is -1.45. The van der Waals surface area contributed by atoms with Gasteiger partial charge in [-0.1, -0.05) is 48.5 Å². The van der Waals surface area contributed by atoms with Crippen LogP contribution in [0.3, 0.4) is 0 Å². The predicted octanol–water partition coefficient (Wildman–Crippen LogP) is 5.00. The maximum atomic E-state index is 13.0. The summed E-state index contributed by atoms with van der Waals surface area (Å²) in [5.41, 5.74) is 0.887. The Morgan fingerprint density at radius 3 is 2.36 bits per heavy atom. The first-order valence-electron chi connectivity index (χ1n) is 12.2. The number of nitrogens with one attached hydrogen (secondary N) is 2. The lowest BCUT2D eigenvalue weighted by atomic mass is 9.82. The summed E-state index contributed by atoms with van der Waals surface area (Å²) in [6, 6.07) is -0.244. The molecule has 1 aromatic carbocycles. The van der Waals surface area contributed by atoms with E-state index in [9.17, 15) is 34.8 Å². The largest absolute Gasteiger partial charge is 0.404 e. The van der Waals surface area contributed by atoms with Gasteiger partial charge in [0.15, 0.2) is 5.01 Å². The maximum absolute atomic E-state index is 13.0. The molecule has 2 N–H and O–H groups in total. The molecule has 0 spiro atoms. The quantitative estimate of drug-likeness (QED) is 0.416. The molecular weight excluding hydrogens is 622 g/mol. The molecule has 2 aromatic rings. The van der Waals surface area contributed by atoms with Crippen LogP contribution < -0.4 is 10.0 Å². The third kappa shape index (κ3) is 7.07. The fraction of sp³-hybridized carbons (Fsp3) is 0.565. The number of sulfonamides is 1. The highest BCUT2D eigenvalue weighted by atomic mass is 35.5. The Bertz CT molecular complexity index is 1460. The van der Waals surface area contributed by atoms with E-state index in [1.165, 1.54) is 6.07 Å². The average molecular weight is 649 g/mol. The standard InChI is InChI=1S/C23H26Cl2F3N3O5S3/c1-12(23(26,27)28)31-39(35,36)17-6-5-15(18(24)19(17)25)20-16(11-13-3-2-4-13)30-22(37-20)21(32)29-14-7-9-38(33,34)10-8-14/h5-6,12-14,31H,2-4,7-11H2,1H3,(H,29,32). The van der Waals surface area contributed by atoms with Crippen LogP contribution in [0.2, 0.25) is 10.0 Å². The van der Waals surface area contributed by atoms with Crippen LogP contribution in [0.1, 0.15) is 54.5 Å². The molecule has 8 nitrogen and oxygen atoms in total. The third-order valence-corrected chi connectivity index (χ3v) is 12.3. The first-order valence-corrected chi connectivity index (χ1v) is 17.0. The second-order valence-electron chi connectivity index (χ2n) is 9.82. The molecule has 2 heterocycles. The zero-order valence-corrected chi connectivity index (χ0v) is 24.6. The number of hydrogen-bond acceptors (Lipinski definition) is 7. The van der Waals surface area contributed by atoms with Gasteiger partial charge in [-0.05, 0) is 38.2 Å². The van der Waals surface area contributed by atoms with Crippen molar-refractivity contribution in [3.8, 4) is 10.4 Å². The van der Waals surface area contributed by atoms with E-state index in [0.29, 0.717) is 48.2 Å². The molecule has 1 saturated carbocycles. The van der Waals surface area contributed by atoms with Gasteiger partial charge in [-0.15, -0.1) is 11.3 Å². The minimum Gasteiger partial charge on any atom is -0.347 e. The Balaban J connectivity index is 1.64. The van der Waals surface area contributed by atoms with Gasteiger partial charge in [-0.2, -0.15) is 17.9 Å². The monoisotopic (exact) mass is 647 g/mol. The first-order chi connectivity index (χ1) is 18.1. The molecule has 2 fully saturated rings. The van der Waals surface area contributed by atoms with Crippen molar-refractivity contribution >= 4 is 60.3 Å². The van der Waals surface area contributed by atoms with Gasteiger partial charge in [0.05, 0.1) is 32.1 Å². The smallest absolute Gasteiger partial charge is 0.347 e. The predicted molar refractivity (Wildman–Crippen MR) is 144 cm³/mol. The zero-order chi connectivity index (χ0) is 28.8. The highest BCUT2D eigenvalue weighted by Gasteiger charge is 2.39. The fourth-order valence-corrected chi connectivity index (χ4v) is 9.00. The minimum absolute atomic E-state index is 0.00599. The van der Waals surface area contributed by atoms with Crippen molar-refractivity contribution in [3.05, 3.63) is 32.9 Å². The number of alkyl halides is 3. The highest BCUT2D eigenvalue weighted by molar-refractivity contribution is 7.91. The Labute approximate surface area is 238 Å². The van der Waals surface area contributed by atoms with Crippen LogP contribution in [-0.4, -0.2) is 57.5 Å². The highest BCUT2D eigenvalue weighted by Crippen LogP contribution is 2.43. The summed E-state index contributed by atoms with van der Waals surface area (Å²) in [4.78, 5) is 17.5. The van der Waals surface area contributed by atoms with Gasteiger partial charge in [0, 0.05) is 11.6 Å². The van der Waals surface area contributed by atoms with Crippen LogP contribution >= 0.6 is 34.5 Å². The van der Waals surface area contributed by atoms with Crippen LogP contribution in [0, 0.1) is 5.92 Å². The molecule has 1 amide bonds. The number of carbonyl (C=O) groups excluding carboxylic acids is 1.